The Bertz CT molecular complexity index is 174. The highest BCUT2D eigenvalue weighted by molar-refractivity contribution is 5.80. The lowest BCUT2D eigenvalue weighted by Gasteiger charge is -2.17. The highest BCUT2D eigenvalue weighted by atomic mass is 16.5. The van der Waals surface area contributed by atoms with Gasteiger partial charge in [-0.2, -0.15) is 0 Å². The Morgan fingerprint density at radius 2 is 2.07 bits per heavy atom. The van der Waals surface area contributed by atoms with E-state index in [4.69, 9.17) is 4.74 Å². The summed E-state index contributed by atoms with van der Waals surface area (Å²) >= 11 is 0. The summed E-state index contributed by atoms with van der Waals surface area (Å²) in [7, 11) is 1.86. The van der Waals surface area contributed by atoms with Gasteiger partial charge in [0.25, 0.3) is 0 Å². The summed E-state index contributed by atoms with van der Waals surface area (Å²) in [5.74, 6) is -0.0212. The highest BCUT2D eigenvalue weighted by Crippen LogP contribution is 1.97. The van der Waals surface area contributed by atoms with Crippen molar-refractivity contribution in [1.82, 2.24) is 10.6 Å². The van der Waals surface area contributed by atoms with Gasteiger partial charge in [-0.3, -0.25) is 4.79 Å². The Hall–Kier alpha value is -0.610. The minimum Gasteiger partial charge on any atom is -0.367 e. The molecule has 1 amide bonds. The van der Waals surface area contributed by atoms with Crippen molar-refractivity contribution >= 4 is 5.91 Å². The van der Waals surface area contributed by atoms with E-state index in [0.717, 1.165) is 19.4 Å². The molecule has 15 heavy (non-hydrogen) atoms. The molecule has 0 bridgehead atoms. The van der Waals surface area contributed by atoms with Crippen molar-refractivity contribution in [2.75, 3.05) is 20.2 Å². The van der Waals surface area contributed by atoms with Crippen LogP contribution < -0.4 is 10.6 Å². The number of carbonyl (C=O) groups excluding carboxylic acids is 1. The van der Waals surface area contributed by atoms with Crippen molar-refractivity contribution in [1.29, 1.82) is 0 Å². The van der Waals surface area contributed by atoms with Gasteiger partial charge in [0.1, 0.15) is 6.10 Å². The summed E-state index contributed by atoms with van der Waals surface area (Å²) in [5, 5.41) is 5.89. The number of ether oxygens (including phenoxy) is 1. The van der Waals surface area contributed by atoms with Crippen molar-refractivity contribution in [2.24, 2.45) is 0 Å². The maximum atomic E-state index is 11.6. The first-order valence-electron chi connectivity index (χ1n) is 5.68. The minimum absolute atomic E-state index is 0.0212. The Kier molecular flexibility index (Phi) is 8.33. The van der Waals surface area contributed by atoms with Crippen LogP contribution in [0.25, 0.3) is 0 Å². The van der Waals surface area contributed by atoms with Crippen molar-refractivity contribution in [3.8, 4) is 0 Å². The zero-order chi connectivity index (χ0) is 11.7. The van der Waals surface area contributed by atoms with Gasteiger partial charge in [-0.1, -0.05) is 13.3 Å². The molecule has 0 fully saturated rings. The lowest BCUT2D eigenvalue weighted by Crippen LogP contribution is -2.40. The second kappa shape index (κ2) is 8.68. The summed E-state index contributed by atoms with van der Waals surface area (Å²) in [6.07, 6.45) is 1.73. The van der Waals surface area contributed by atoms with E-state index in [1.165, 1.54) is 0 Å². The normalized spacial score (nSPS) is 14.7. The number of nitrogens with one attached hydrogen (secondary N) is 2. The van der Waals surface area contributed by atoms with E-state index in [2.05, 4.69) is 17.6 Å². The van der Waals surface area contributed by atoms with E-state index in [0.29, 0.717) is 6.61 Å². The molecule has 2 N–H and O–H groups in total. The molecule has 0 saturated carbocycles. The van der Waals surface area contributed by atoms with Gasteiger partial charge >= 0.3 is 0 Å². The molecule has 0 aliphatic carbocycles. The third-order valence-corrected chi connectivity index (χ3v) is 2.20. The van der Waals surface area contributed by atoms with Crippen LogP contribution in [0, 0.1) is 0 Å². The first-order valence-corrected chi connectivity index (χ1v) is 5.68. The van der Waals surface area contributed by atoms with E-state index >= 15 is 0 Å². The summed E-state index contributed by atoms with van der Waals surface area (Å²) in [4.78, 5) is 11.6. The van der Waals surface area contributed by atoms with Gasteiger partial charge in [-0.15, -0.1) is 0 Å². The average Bonchev–Trinajstić information content (AvgIpc) is 2.18. The quantitative estimate of drug-likeness (QED) is 0.593. The van der Waals surface area contributed by atoms with Crippen LogP contribution in [0.5, 0.6) is 0 Å². The zero-order valence-corrected chi connectivity index (χ0v) is 10.3. The maximum absolute atomic E-state index is 11.6. The van der Waals surface area contributed by atoms with Crippen molar-refractivity contribution in [3.05, 3.63) is 0 Å². The molecule has 0 aromatic rings. The molecule has 0 aliphatic heterocycles. The smallest absolute Gasteiger partial charge is 0.249 e. The molecule has 0 aromatic carbocycles. The molecule has 2 atom stereocenters. The van der Waals surface area contributed by atoms with E-state index in [-0.39, 0.29) is 18.1 Å². The van der Waals surface area contributed by atoms with Gasteiger partial charge in [0, 0.05) is 12.6 Å². The van der Waals surface area contributed by atoms with Gasteiger partial charge in [-0.25, -0.2) is 0 Å². The van der Waals surface area contributed by atoms with Gasteiger partial charge in [0.05, 0.1) is 6.61 Å². The summed E-state index contributed by atoms with van der Waals surface area (Å²) < 4.78 is 5.35. The zero-order valence-electron chi connectivity index (χ0n) is 10.3. The second-order valence-electron chi connectivity index (χ2n) is 3.81. The van der Waals surface area contributed by atoms with Crippen LogP contribution in [0.1, 0.15) is 33.6 Å². The van der Waals surface area contributed by atoms with E-state index in [1.807, 2.05) is 14.0 Å². The number of likely N-dealkylation sites (N-methyl/N-ethyl adjacent to an activating group) is 1. The van der Waals surface area contributed by atoms with Crippen molar-refractivity contribution < 1.29 is 9.53 Å². The molecular weight excluding hydrogens is 192 g/mol. The van der Waals surface area contributed by atoms with Gasteiger partial charge < -0.3 is 15.4 Å². The Morgan fingerprint density at radius 1 is 1.40 bits per heavy atom. The number of hydrogen-bond acceptors (Lipinski definition) is 3. The van der Waals surface area contributed by atoms with E-state index in [9.17, 15) is 4.79 Å². The summed E-state index contributed by atoms with van der Waals surface area (Å²) in [6.45, 7) is 7.23. The van der Waals surface area contributed by atoms with Gasteiger partial charge in [0.15, 0.2) is 0 Å². The van der Waals surface area contributed by atoms with Crippen LogP contribution in [0.4, 0.5) is 0 Å². The third kappa shape index (κ3) is 7.33. The Morgan fingerprint density at radius 3 is 2.60 bits per heavy atom. The third-order valence-electron chi connectivity index (χ3n) is 2.20. The fourth-order valence-corrected chi connectivity index (χ4v) is 1.28. The van der Waals surface area contributed by atoms with Crippen LogP contribution in [-0.2, 0) is 9.53 Å². The standard InChI is InChI=1S/C11H24N2O2/c1-5-6-9(2)13-11(14)10(3)15-8-7-12-4/h9-10,12H,5-8H2,1-4H3,(H,13,14). The van der Waals surface area contributed by atoms with Crippen LogP contribution in [0.3, 0.4) is 0 Å². The molecule has 4 nitrogen and oxygen atoms in total. The molecule has 0 aliphatic rings. The summed E-state index contributed by atoms with van der Waals surface area (Å²) in [5.41, 5.74) is 0. The molecule has 2 unspecified atom stereocenters. The molecular formula is C11H24N2O2. The van der Waals surface area contributed by atoms with Crippen LogP contribution in [-0.4, -0.2) is 38.3 Å². The molecule has 0 saturated heterocycles. The number of carbonyl (C=O) groups is 1. The Balaban J connectivity index is 3.68. The monoisotopic (exact) mass is 216 g/mol. The molecule has 0 aromatic heterocycles. The predicted octanol–water partition coefficient (Wildman–Crippen LogP) is 0.916. The minimum atomic E-state index is -0.363. The predicted molar refractivity (Wildman–Crippen MR) is 61.9 cm³/mol. The molecule has 0 heterocycles. The molecule has 0 spiro atoms. The van der Waals surface area contributed by atoms with Gasteiger partial charge in [0.2, 0.25) is 5.91 Å². The topological polar surface area (TPSA) is 50.4 Å². The maximum Gasteiger partial charge on any atom is 0.249 e. The fourth-order valence-electron chi connectivity index (χ4n) is 1.28. The molecule has 0 radical (unpaired) electrons. The summed E-state index contributed by atoms with van der Waals surface area (Å²) in [6, 6.07) is 0.234. The molecule has 4 heteroatoms. The SMILES string of the molecule is CCCC(C)NC(=O)C(C)OCCNC. The average molecular weight is 216 g/mol. The van der Waals surface area contributed by atoms with Crippen LogP contribution in [0.15, 0.2) is 0 Å². The van der Waals surface area contributed by atoms with E-state index < -0.39 is 0 Å². The Labute approximate surface area is 92.8 Å². The van der Waals surface area contributed by atoms with Gasteiger partial charge in [-0.05, 0) is 27.3 Å². The van der Waals surface area contributed by atoms with Crippen LogP contribution >= 0.6 is 0 Å². The lowest BCUT2D eigenvalue weighted by atomic mass is 10.2. The van der Waals surface area contributed by atoms with Crippen LogP contribution in [0.2, 0.25) is 0 Å². The number of hydrogen-bond donors (Lipinski definition) is 2. The largest absolute Gasteiger partial charge is 0.367 e. The number of amides is 1. The lowest BCUT2D eigenvalue weighted by molar-refractivity contribution is -0.132. The van der Waals surface area contributed by atoms with Crippen molar-refractivity contribution in [2.45, 2.75) is 45.8 Å². The molecule has 0 rings (SSSR count). The van der Waals surface area contributed by atoms with E-state index in [1.54, 1.807) is 6.92 Å². The van der Waals surface area contributed by atoms with Crippen molar-refractivity contribution in [3.63, 3.8) is 0 Å². The first-order chi connectivity index (χ1) is 7.11. The fraction of sp³-hybridized carbons (Fsp3) is 0.909. The number of rotatable bonds is 8. The highest BCUT2D eigenvalue weighted by Gasteiger charge is 2.14. The molecule has 90 valence electrons. The first kappa shape index (κ1) is 14.4. The second-order valence-corrected chi connectivity index (χ2v) is 3.81.